The van der Waals surface area contributed by atoms with Gasteiger partial charge in [-0.1, -0.05) is 19.9 Å². The third-order valence-corrected chi connectivity index (χ3v) is 4.86. The average Bonchev–Trinajstić information content (AvgIpc) is 3.30. The number of H-pyrrole nitrogens is 1. The topological polar surface area (TPSA) is 94.4 Å². The predicted octanol–water partition coefficient (Wildman–Crippen LogP) is 3.87. The predicted molar refractivity (Wildman–Crippen MR) is 105 cm³/mol. The first-order valence-electron chi connectivity index (χ1n) is 9.58. The molecule has 2 aromatic rings. The first-order chi connectivity index (χ1) is 13.1. The highest BCUT2D eigenvalue weighted by Gasteiger charge is 2.19. The van der Waals surface area contributed by atoms with Gasteiger partial charge in [0.25, 0.3) is 0 Å². The van der Waals surface area contributed by atoms with E-state index in [1.807, 2.05) is 18.2 Å². The van der Waals surface area contributed by atoms with E-state index in [-0.39, 0.29) is 12.7 Å². The number of anilines is 1. The zero-order valence-corrected chi connectivity index (χ0v) is 16.4. The lowest BCUT2D eigenvalue weighted by Gasteiger charge is -2.17. The molecule has 7 heteroatoms. The molecule has 4 N–H and O–H groups in total. The van der Waals surface area contributed by atoms with Gasteiger partial charge in [0.15, 0.2) is 11.5 Å². The third kappa shape index (κ3) is 4.93. The van der Waals surface area contributed by atoms with Gasteiger partial charge in [-0.25, -0.2) is 10.9 Å². The van der Waals surface area contributed by atoms with Gasteiger partial charge < -0.3 is 19.8 Å². The van der Waals surface area contributed by atoms with Crippen LogP contribution in [0.1, 0.15) is 62.5 Å². The summed E-state index contributed by atoms with van der Waals surface area (Å²) in [6, 6.07) is 6.02. The molecule has 1 aliphatic rings. The Hall–Kier alpha value is -2.25. The number of rotatable bonds is 9. The molecule has 1 fully saturated rings. The molecule has 0 aliphatic heterocycles. The van der Waals surface area contributed by atoms with Crippen LogP contribution < -0.4 is 20.7 Å². The SMILES string of the molecule is COc1ccc(CNc2nc(C(C)C)[nH]c2CON)cc1OC1CCCC1. The zero-order chi connectivity index (χ0) is 19.2. The van der Waals surface area contributed by atoms with E-state index in [0.29, 0.717) is 12.5 Å². The van der Waals surface area contributed by atoms with Crippen LogP contribution in [0.3, 0.4) is 0 Å². The summed E-state index contributed by atoms with van der Waals surface area (Å²) < 4.78 is 11.6. The minimum Gasteiger partial charge on any atom is -0.493 e. The molecule has 0 radical (unpaired) electrons. The van der Waals surface area contributed by atoms with Crippen molar-refractivity contribution in [2.24, 2.45) is 5.90 Å². The van der Waals surface area contributed by atoms with Crippen LogP contribution in [0.2, 0.25) is 0 Å². The minimum absolute atomic E-state index is 0.278. The monoisotopic (exact) mass is 374 g/mol. The molecular formula is C20H30N4O3. The second kappa shape index (κ2) is 9.10. The summed E-state index contributed by atoms with van der Waals surface area (Å²) in [5.74, 6) is 8.78. The number of aromatic amines is 1. The fourth-order valence-corrected chi connectivity index (χ4v) is 3.33. The van der Waals surface area contributed by atoms with E-state index in [1.54, 1.807) is 7.11 Å². The van der Waals surface area contributed by atoms with Crippen molar-refractivity contribution < 1.29 is 14.3 Å². The lowest BCUT2D eigenvalue weighted by molar-refractivity contribution is 0.122. The van der Waals surface area contributed by atoms with Crippen molar-refractivity contribution in [1.82, 2.24) is 9.97 Å². The fraction of sp³-hybridized carbons (Fsp3) is 0.550. The van der Waals surface area contributed by atoms with Gasteiger partial charge in [0, 0.05) is 12.5 Å². The summed E-state index contributed by atoms with van der Waals surface area (Å²) in [6.07, 6.45) is 4.98. The molecule has 1 saturated carbocycles. The maximum atomic E-state index is 6.18. The molecule has 0 unspecified atom stereocenters. The lowest BCUT2D eigenvalue weighted by atomic mass is 10.2. The maximum Gasteiger partial charge on any atom is 0.161 e. The number of benzene rings is 1. The molecule has 0 amide bonds. The lowest BCUT2D eigenvalue weighted by Crippen LogP contribution is -2.12. The largest absolute Gasteiger partial charge is 0.493 e. The van der Waals surface area contributed by atoms with Crippen molar-refractivity contribution in [3.05, 3.63) is 35.3 Å². The summed E-state index contributed by atoms with van der Waals surface area (Å²) in [7, 11) is 1.67. The van der Waals surface area contributed by atoms with Crippen LogP contribution in [0.4, 0.5) is 5.82 Å². The second-order valence-electron chi connectivity index (χ2n) is 7.28. The molecule has 0 bridgehead atoms. The summed E-state index contributed by atoms with van der Waals surface area (Å²) in [6.45, 7) is 5.07. The summed E-state index contributed by atoms with van der Waals surface area (Å²) in [4.78, 5) is 12.7. The fourth-order valence-electron chi connectivity index (χ4n) is 3.33. The van der Waals surface area contributed by atoms with E-state index in [9.17, 15) is 0 Å². The maximum absolute atomic E-state index is 6.18. The van der Waals surface area contributed by atoms with Crippen LogP contribution in [-0.4, -0.2) is 23.2 Å². The van der Waals surface area contributed by atoms with Gasteiger partial charge in [0.2, 0.25) is 0 Å². The van der Waals surface area contributed by atoms with Crippen LogP contribution in [0, 0.1) is 0 Å². The molecule has 1 heterocycles. The Morgan fingerprint density at radius 2 is 2.04 bits per heavy atom. The van der Waals surface area contributed by atoms with E-state index in [0.717, 1.165) is 47.2 Å². The molecule has 0 atom stereocenters. The molecular weight excluding hydrogens is 344 g/mol. The van der Waals surface area contributed by atoms with E-state index >= 15 is 0 Å². The van der Waals surface area contributed by atoms with Gasteiger partial charge in [-0.05, 0) is 43.4 Å². The van der Waals surface area contributed by atoms with E-state index in [4.69, 9.17) is 20.2 Å². The molecule has 1 aromatic heterocycles. The van der Waals surface area contributed by atoms with Crippen LogP contribution in [0.25, 0.3) is 0 Å². The number of methoxy groups -OCH3 is 1. The number of nitrogens with two attached hydrogens (primary N) is 1. The number of nitrogens with zero attached hydrogens (tertiary/aromatic N) is 1. The van der Waals surface area contributed by atoms with E-state index < -0.39 is 0 Å². The van der Waals surface area contributed by atoms with Crippen LogP contribution in [0.5, 0.6) is 11.5 Å². The first-order valence-corrected chi connectivity index (χ1v) is 9.58. The highest BCUT2D eigenvalue weighted by Crippen LogP contribution is 2.32. The molecule has 0 saturated heterocycles. The Morgan fingerprint density at radius 1 is 1.26 bits per heavy atom. The quantitative estimate of drug-likeness (QED) is 0.577. The van der Waals surface area contributed by atoms with Crippen LogP contribution in [0.15, 0.2) is 18.2 Å². The molecule has 1 aromatic carbocycles. The normalized spacial score (nSPS) is 14.7. The molecule has 7 nitrogen and oxygen atoms in total. The summed E-state index contributed by atoms with van der Waals surface area (Å²) in [5, 5.41) is 3.37. The molecule has 1 aliphatic carbocycles. The van der Waals surface area contributed by atoms with Crippen molar-refractivity contribution in [1.29, 1.82) is 0 Å². The number of hydrogen-bond acceptors (Lipinski definition) is 6. The Morgan fingerprint density at radius 3 is 2.70 bits per heavy atom. The summed E-state index contributed by atoms with van der Waals surface area (Å²) >= 11 is 0. The average molecular weight is 374 g/mol. The van der Waals surface area contributed by atoms with Crippen molar-refractivity contribution in [3.8, 4) is 11.5 Å². The minimum atomic E-state index is 0.278. The van der Waals surface area contributed by atoms with Crippen molar-refractivity contribution in [2.45, 2.75) is 64.7 Å². The highest BCUT2D eigenvalue weighted by molar-refractivity contribution is 5.46. The first kappa shape index (κ1) is 19.5. The molecule has 0 spiro atoms. The van der Waals surface area contributed by atoms with Gasteiger partial charge in [-0.2, -0.15) is 0 Å². The Kier molecular flexibility index (Phi) is 6.58. The molecule has 148 valence electrons. The Bertz CT molecular complexity index is 739. The molecule has 3 rings (SSSR count). The van der Waals surface area contributed by atoms with Crippen LogP contribution in [-0.2, 0) is 18.0 Å². The number of aromatic nitrogens is 2. The van der Waals surface area contributed by atoms with Gasteiger partial charge in [0.05, 0.1) is 18.9 Å². The Labute approximate surface area is 160 Å². The van der Waals surface area contributed by atoms with Gasteiger partial charge >= 0.3 is 0 Å². The number of hydrogen-bond donors (Lipinski definition) is 3. The van der Waals surface area contributed by atoms with Crippen molar-refractivity contribution in [3.63, 3.8) is 0 Å². The highest BCUT2D eigenvalue weighted by atomic mass is 16.6. The zero-order valence-electron chi connectivity index (χ0n) is 16.4. The smallest absolute Gasteiger partial charge is 0.161 e. The second-order valence-corrected chi connectivity index (χ2v) is 7.28. The van der Waals surface area contributed by atoms with Gasteiger partial charge in [-0.15, -0.1) is 0 Å². The number of imidazole rings is 1. The van der Waals surface area contributed by atoms with Gasteiger partial charge in [0.1, 0.15) is 18.2 Å². The summed E-state index contributed by atoms with van der Waals surface area (Å²) in [5.41, 5.74) is 1.94. The van der Waals surface area contributed by atoms with Crippen molar-refractivity contribution in [2.75, 3.05) is 12.4 Å². The third-order valence-electron chi connectivity index (χ3n) is 4.86. The van der Waals surface area contributed by atoms with Crippen LogP contribution >= 0.6 is 0 Å². The standard InChI is InChI=1S/C20H30N4O3/c1-13(2)19-23-16(12-26-21)20(24-19)22-11-14-8-9-17(25-3)18(10-14)27-15-6-4-5-7-15/h8-10,13,15,22H,4-7,11-12,21H2,1-3H3,(H,23,24). The molecule has 27 heavy (non-hydrogen) atoms. The Balaban J connectivity index is 1.72. The number of nitrogens with one attached hydrogen (secondary N) is 2. The van der Waals surface area contributed by atoms with Crippen molar-refractivity contribution >= 4 is 5.82 Å². The van der Waals surface area contributed by atoms with Gasteiger partial charge in [-0.3, -0.25) is 4.84 Å². The van der Waals surface area contributed by atoms with E-state index in [1.165, 1.54) is 12.8 Å². The van der Waals surface area contributed by atoms with E-state index in [2.05, 4.69) is 29.1 Å². The number of ether oxygens (including phenoxy) is 2.